The molecule has 1 aromatic heterocycles. The van der Waals surface area contributed by atoms with Crippen LogP contribution in [0.5, 0.6) is 0 Å². The van der Waals surface area contributed by atoms with E-state index in [2.05, 4.69) is 31.2 Å². The fraction of sp³-hybridized carbons (Fsp3) is 0. The second kappa shape index (κ2) is 4.44. The van der Waals surface area contributed by atoms with Crippen LogP contribution in [0.4, 0.5) is 21.7 Å². The fourth-order valence-corrected chi connectivity index (χ4v) is 1.61. The Kier molecular flexibility index (Phi) is 3.00. The number of hydrogen-bond donors (Lipinski definition) is 2. The third-order valence-electron chi connectivity index (χ3n) is 1.91. The fourth-order valence-electron chi connectivity index (χ4n) is 1.16. The minimum atomic E-state index is -0.315. The second-order valence-corrected chi connectivity index (χ2v) is 3.89. The predicted molar refractivity (Wildman–Crippen MR) is 63.8 cm³/mol. The van der Waals surface area contributed by atoms with E-state index in [1.165, 1.54) is 24.5 Å². The van der Waals surface area contributed by atoms with Crippen LogP contribution >= 0.6 is 15.9 Å². The van der Waals surface area contributed by atoms with Gasteiger partial charge in [-0.25, -0.2) is 14.4 Å². The molecule has 0 aliphatic heterocycles. The van der Waals surface area contributed by atoms with E-state index >= 15 is 0 Å². The molecule has 6 heteroatoms. The van der Waals surface area contributed by atoms with Gasteiger partial charge in [0, 0.05) is 16.9 Å². The molecule has 0 radical (unpaired) electrons. The van der Waals surface area contributed by atoms with Crippen LogP contribution in [0.15, 0.2) is 35.1 Å². The van der Waals surface area contributed by atoms with Crippen LogP contribution in [0, 0.1) is 5.82 Å². The summed E-state index contributed by atoms with van der Waals surface area (Å²) in [5.41, 5.74) is 6.30. The molecule has 0 bridgehead atoms. The van der Waals surface area contributed by atoms with Crippen LogP contribution in [-0.4, -0.2) is 9.97 Å². The van der Waals surface area contributed by atoms with Gasteiger partial charge in [0.15, 0.2) is 11.6 Å². The van der Waals surface area contributed by atoms with Crippen molar-refractivity contribution in [1.29, 1.82) is 0 Å². The Hall–Kier alpha value is -1.69. The van der Waals surface area contributed by atoms with Gasteiger partial charge in [-0.2, -0.15) is 0 Å². The molecule has 0 amide bonds. The van der Waals surface area contributed by atoms with E-state index in [4.69, 9.17) is 5.73 Å². The van der Waals surface area contributed by atoms with Gasteiger partial charge in [-0.05, 0) is 34.1 Å². The first-order chi connectivity index (χ1) is 7.66. The van der Waals surface area contributed by atoms with Crippen molar-refractivity contribution in [3.05, 3.63) is 40.9 Å². The van der Waals surface area contributed by atoms with Crippen molar-refractivity contribution in [3.63, 3.8) is 0 Å². The number of nitrogens with one attached hydrogen (secondary N) is 1. The van der Waals surface area contributed by atoms with E-state index in [1.54, 1.807) is 6.07 Å². The lowest BCUT2D eigenvalue weighted by Crippen LogP contribution is -2.01. The summed E-state index contributed by atoms with van der Waals surface area (Å²) >= 11 is 3.24. The van der Waals surface area contributed by atoms with Crippen LogP contribution in [0.25, 0.3) is 0 Å². The third kappa shape index (κ3) is 2.27. The lowest BCUT2D eigenvalue weighted by molar-refractivity contribution is 0.627. The van der Waals surface area contributed by atoms with Crippen molar-refractivity contribution in [3.8, 4) is 0 Å². The smallest absolute Gasteiger partial charge is 0.173 e. The van der Waals surface area contributed by atoms with E-state index in [0.717, 1.165) is 0 Å². The molecule has 0 unspecified atom stereocenters. The summed E-state index contributed by atoms with van der Waals surface area (Å²) in [4.78, 5) is 7.91. The summed E-state index contributed by atoms with van der Waals surface area (Å²) in [5.74, 6) is 0.415. The van der Waals surface area contributed by atoms with Gasteiger partial charge in [-0.3, -0.25) is 0 Å². The first kappa shape index (κ1) is 10.8. The lowest BCUT2D eigenvalue weighted by atomic mass is 10.3. The summed E-state index contributed by atoms with van der Waals surface area (Å²) in [7, 11) is 0. The first-order valence-corrected chi connectivity index (χ1v) is 5.24. The number of anilines is 3. The van der Waals surface area contributed by atoms with Crippen molar-refractivity contribution in [2.75, 3.05) is 11.1 Å². The molecule has 0 atom stereocenters. The zero-order valence-electron chi connectivity index (χ0n) is 8.11. The number of nitrogen functional groups attached to an aromatic ring is 1. The minimum Gasteiger partial charge on any atom is -0.381 e. The van der Waals surface area contributed by atoms with Crippen molar-refractivity contribution < 1.29 is 4.39 Å². The number of aromatic nitrogens is 2. The molecule has 0 saturated carbocycles. The van der Waals surface area contributed by atoms with E-state index in [1.807, 2.05) is 0 Å². The topological polar surface area (TPSA) is 63.8 Å². The molecular formula is C10H8BrFN4. The number of hydrogen-bond acceptors (Lipinski definition) is 4. The summed E-state index contributed by atoms with van der Waals surface area (Å²) < 4.78 is 13.5. The highest BCUT2D eigenvalue weighted by Crippen LogP contribution is 2.26. The molecule has 0 aliphatic carbocycles. The molecule has 0 fully saturated rings. The van der Waals surface area contributed by atoms with Gasteiger partial charge in [0.25, 0.3) is 0 Å². The van der Waals surface area contributed by atoms with Gasteiger partial charge in [-0.15, -0.1) is 0 Å². The average Bonchev–Trinajstić information content (AvgIpc) is 2.25. The minimum absolute atomic E-state index is 0.290. The Morgan fingerprint density at radius 3 is 2.69 bits per heavy atom. The Balaban J connectivity index is 2.31. The highest BCUT2D eigenvalue weighted by atomic mass is 79.9. The molecule has 16 heavy (non-hydrogen) atoms. The summed E-state index contributed by atoms with van der Waals surface area (Å²) in [5, 5.41) is 2.96. The van der Waals surface area contributed by atoms with E-state index in [0.29, 0.717) is 21.8 Å². The summed E-state index contributed by atoms with van der Waals surface area (Å²) in [6.07, 6.45) is 3.02. The Morgan fingerprint density at radius 2 is 2.00 bits per heavy atom. The molecule has 2 aromatic rings. The van der Waals surface area contributed by atoms with Gasteiger partial charge >= 0.3 is 0 Å². The highest BCUT2D eigenvalue weighted by molar-refractivity contribution is 9.10. The maximum atomic E-state index is 12.9. The third-order valence-corrected chi connectivity index (χ3v) is 2.57. The molecule has 0 spiro atoms. The second-order valence-electron chi connectivity index (χ2n) is 3.04. The number of nitrogens with two attached hydrogens (primary N) is 1. The predicted octanol–water partition coefficient (Wildman–Crippen LogP) is 2.70. The van der Waals surface area contributed by atoms with E-state index in [9.17, 15) is 4.39 Å². The van der Waals surface area contributed by atoms with Crippen molar-refractivity contribution in [1.82, 2.24) is 9.97 Å². The summed E-state index contributed by atoms with van der Waals surface area (Å²) in [6.45, 7) is 0. The Morgan fingerprint density at radius 1 is 1.25 bits per heavy atom. The maximum absolute atomic E-state index is 12.9. The first-order valence-electron chi connectivity index (χ1n) is 4.45. The average molecular weight is 283 g/mol. The van der Waals surface area contributed by atoms with Crippen LogP contribution in [-0.2, 0) is 0 Å². The van der Waals surface area contributed by atoms with Gasteiger partial charge in [-0.1, -0.05) is 0 Å². The lowest BCUT2D eigenvalue weighted by Gasteiger charge is -2.08. The largest absolute Gasteiger partial charge is 0.381 e. The monoisotopic (exact) mass is 282 g/mol. The molecule has 0 saturated heterocycles. The normalized spacial score (nSPS) is 10.1. The number of benzene rings is 1. The van der Waals surface area contributed by atoms with Crippen molar-refractivity contribution >= 4 is 33.3 Å². The van der Waals surface area contributed by atoms with Crippen LogP contribution in [0.2, 0.25) is 0 Å². The van der Waals surface area contributed by atoms with Gasteiger partial charge in [0.1, 0.15) is 5.82 Å². The maximum Gasteiger partial charge on any atom is 0.173 e. The van der Waals surface area contributed by atoms with Gasteiger partial charge in [0.2, 0.25) is 0 Å². The Bertz CT molecular complexity index is 518. The van der Waals surface area contributed by atoms with Gasteiger partial charge < -0.3 is 11.1 Å². The van der Waals surface area contributed by atoms with Gasteiger partial charge in [0.05, 0.1) is 5.69 Å². The van der Waals surface area contributed by atoms with Crippen LogP contribution in [0.3, 0.4) is 0 Å². The summed E-state index contributed by atoms with van der Waals surface area (Å²) in [6, 6.07) is 4.29. The van der Waals surface area contributed by atoms with Crippen molar-refractivity contribution in [2.24, 2.45) is 0 Å². The highest BCUT2D eigenvalue weighted by Gasteiger charge is 2.05. The molecule has 82 valence electrons. The number of halogens is 2. The number of nitrogens with zero attached hydrogens (tertiary/aromatic N) is 2. The molecule has 2 rings (SSSR count). The quantitative estimate of drug-likeness (QED) is 0.889. The van der Waals surface area contributed by atoms with Crippen molar-refractivity contribution in [2.45, 2.75) is 0 Å². The Labute approximate surface area is 99.9 Å². The van der Waals surface area contributed by atoms with E-state index in [-0.39, 0.29) is 5.82 Å². The number of rotatable bonds is 2. The van der Waals surface area contributed by atoms with E-state index < -0.39 is 0 Å². The zero-order chi connectivity index (χ0) is 11.5. The van der Waals surface area contributed by atoms with Crippen LogP contribution in [0.1, 0.15) is 0 Å². The SMILES string of the molecule is Nc1nccnc1Nc1ccc(F)cc1Br. The molecule has 1 aromatic carbocycles. The standard InChI is InChI=1S/C10H8BrFN4/c11-7-5-6(12)1-2-8(7)16-10-9(13)14-3-4-15-10/h1-5H,(H2,13,14)(H,15,16). The zero-order valence-corrected chi connectivity index (χ0v) is 9.70. The molecule has 0 aliphatic rings. The molecular weight excluding hydrogens is 275 g/mol. The van der Waals surface area contributed by atoms with Crippen LogP contribution < -0.4 is 11.1 Å². The molecule has 3 N–H and O–H groups in total. The molecule has 1 heterocycles. The molecule has 4 nitrogen and oxygen atoms in total.